The van der Waals surface area contributed by atoms with E-state index in [4.69, 9.17) is 14.5 Å². The predicted molar refractivity (Wildman–Crippen MR) is 159 cm³/mol. The van der Waals surface area contributed by atoms with E-state index in [1.165, 1.54) is 16.9 Å². The number of rotatable bonds is 7. The van der Waals surface area contributed by atoms with Gasteiger partial charge >= 0.3 is 5.97 Å². The molecule has 1 aliphatic rings. The molecule has 0 unspecified atom stereocenters. The van der Waals surface area contributed by atoms with Gasteiger partial charge in [0.2, 0.25) is 0 Å². The Balaban J connectivity index is 1.80. The van der Waals surface area contributed by atoms with Crippen molar-refractivity contribution in [3.05, 3.63) is 126 Å². The van der Waals surface area contributed by atoms with E-state index in [9.17, 15) is 9.59 Å². The van der Waals surface area contributed by atoms with Crippen LogP contribution in [0.2, 0.25) is 0 Å². The molecule has 5 rings (SSSR count). The third-order valence-electron chi connectivity index (χ3n) is 7.02. The summed E-state index contributed by atoms with van der Waals surface area (Å²) >= 11 is 1.31. The van der Waals surface area contributed by atoms with Gasteiger partial charge in [-0.15, -0.1) is 0 Å². The molecule has 204 valence electrons. The molecule has 0 bridgehead atoms. The van der Waals surface area contributed by atoms with Crippen molar-refractivity contribution in [3.63, 3.8) is 0 Å². The Labute approximate surface area is 237 Å². The Morgan fingerprint density at radius 3 is 2.45 bits per heavy atom. The van der Waals surface area contributed by atoms with E-state index in [1.54, 1.807) is 18.6 Å². The van der Waals surface area contributed by atoms with Crippen molar-refractivity contribution in [2.24, 2.45) is 4.99 Å². The maximum Gasteiger partial charge on any atom is 0.338 e. The van der Waals surface area contributed by atoms with Crippen LogP contribution in [0.4, 0.5) is 0 Å². The zero-order chi connectivity index (χ0) is 28.4. The number of carbonyl (C=O) groups excluding carboxylic acids is 1. The average molecular weight is 553 g/mol. The molecule has 0 saturated carbocycles. The van der Waals surface area contributed by atoms with Crippen molar-refractivity contribution in [2.45, 2.75) is 39.7 Å². The Kier molecular flexibility index (Phi) is 7.85. The second-order valence-electron chi connectivity index (χ2n) is 9.98. The van der Waals surface area contributed by atoms with Crippen LogP contribution in [0.3, 0.4) is 0 Å². The summed E-state index contributed by atoms with van der Waals surface area (Å²) in [5.41, 5.74) is 5.29. The van der Waals surface area contributed by atoms with Crippen LogP contribution in [0.1, 0.15) is 60.5 Å². The molecule has 1 aliphatic heterocycles. The summed E-state index contributed by atoms with van der Waals surface area (Å²) in [5, 5.41) is 0. The lowest BCUT2D eigenvalue weighted by atomic mass is 9.91. The van der Waals surface area contributed by atoms with Crippen molar-refractivity contribution >= 4 is 29.1 Å². The second kappa shape index (κ2) is 11.5. The third kappa shape index (κ3) is 5.17. The summed E-state index contributed by atoms with van der Waals surface area (Å²) in [5.74, 6) is 0.615. The molecule has 0 fully saturated rings. The van der Waals surface area contributed by atoms with Gasteiger partial charge in [0.15, 0.2) is 4.80 Å². The molecule has 0 radical (unpaired) electrons. The first-order valence-electron chi connectivity index (χ1n) is 13.3. The third-order valence-corrected chi connectivity index (χ3v) is 8.01. The van der Waals surface area contributed by atoms with Gasteiger partial charge in [0.25, 0.3) is 5.56 Å². The van der Waals surface area contributed by atoms with Gasteiger partial charge in [-0.2, -0.15) is 0 Å². The van der Waals surface area contributed by atoms with Gasteiger partial charge in [-0.3, -0.25) is 9.36 Å². The summed E-state index contributed by atoms with van der Waals surface area (Å²) in [6.45, 7) is 8.23. The summed E-state index contributed by atoms with van der Waals surface area (Å²) in [7, 11) is 1.63. The fourth-order valence-corrected chi connectivity index (χ4v) is 5.90. The first-order valence-corrected chi connectivity index (χ1v) is 14.2. The van der Waals surface area contributed by atoms with Gasteiger partial charge in [-0.25, -0.2) is 9.79 Å². The number of hydrogen-bond acceptors (Lipinski definition) is 6. The highest BCUT2D eigenvalue weighted by atomic mass is 32.1. The van der Waals surface area contributed by atoms with Gasteiger partial charge < -0.3 is 9.47 Å². The Morgan fingerprint density at radius 2 is 1.80 bits per heavy atom. The molecule has 0 aliphatic carbocycles. The van der Waals surface area contributed by atoms with Crippen LogP contribution < -0.4 is 19.6 Å². The van der Waals surface area contributed by atoms with Crippen molar-refractivity contribution in [1.82, 2.24) is 4.57 Å². The van der Waals surface area contributed by atoms with E-state index in [2.05, 4.69) is 26.0 Å². The number of thiazole rings is 1. The largest absolute Gasteiger partial charge is 0.496 e. The molecule has 1 aromatic heterocycles. The van der Waals surface area contributed by atoms with Crippen molar-refractivity contribution in [1.29, 1.82) is 0 Å². The molecule has 3 aromatic carbocycles. The monoisotopic (exact) mass is 552 g/mol. The van der Waals surface area contributed by atoms with Crippen LogP contribution in [-0.4, -0.2) is 24.3 Å². The molecule has 0 spiro atoms. The zero-order valence-corrected chi connectivity index (χ0v) is 24.1. The van der Waals surface area contributed by atoms with E-state index in [1.807, 2.05) is 73.7 Å². The summed E-state index contributed by atoms with van der Waals surface area (Å²) in [6.07, 6.45) is 1.85. The topological polar surface area (TPSA) is 69.9 Å². The number of carbonyl (C=O) groups is 1. The number of aromatic nitrogens is 1. The van der Waals surface area contributed by atoms with E-state index in [-0.39, 0.29) is 12.2 Å². The minimum atomic E-state index is -0.693. The first kappa shape index (κ1) is 27.3. The fraction of sp³-hybridized carbons (Fsp3) is 0.242. The fourth-order valence-electron chi connectivity index (χ4n) is 4.90. The molecule has 7 heteroatoms. The van der Waals surface area contributed by atoms with E-state index in [0.29, 0.717) is 26.5 Å². The molecule has 2 heterocycles. The van der Waals surface area contributed by atoms with Gasteiger partial charge in [-0.1, -0.05) is 91.9 Å². The number of nitrogens with zero attached hydrogens (tertiary/aromatic N) is 2. The van der Waals surface area contributed by atoms with Gasteiger partial charge in [0.05, 0.1) is 35.6 Å². The van der Waals surface area contributed by atoms with Crippen LogP contribution in [-0.2, 0) is 9.53 Å². The van der Waals surface area contributed by atoms with Crippen molar-refractivity contribution in [2.75, 3.05) is 13.7 Å². The number of aryl methyl sites for hydroxylation is 1. The molecular formula is C33H32N2O4S. The van der Waals surface area contributed by atoms with Crippen LogP contribution >= 0.6 is 11.3 Å². The minimum Gasteiger partial charge on any atom is -0.496 e. The molecule has 1 atom stereocenters. The highest BCUT2D eigenvalue weighted by Crippen LogP contribution is 2.35. The average Bonchev–Trinajstić information content (AvgIpc) is 3.28. The second-order valence-corrected chi connectivity index (χ2v) is 11.0. The van der Waals surface area contributed by atoms with Gasteiger partial charge in [0.1, 0.15) is 5.75 Å². The van der Waals surface area contributed by atoms with E-state index >= 15 is 0 Å². The molecule has 6 nitrogen and oxygen atoms in total. The summed E-state index contributed by atoms with van der Waals surface area (Å²) in [6, 6.07) is 22.8. The number of hydrogen-bond donors (Lipinski definition) is 0. The summed E-state index contributed by atoms with van der Waals surface area (Å²) in [4.78, 5) is 33.1. The quantitative estimate of drug-likeness (QED) is 0.289. The maximum absolute atomic E-state index is 14.0. The number of fused-ring (bicyclic) bond motifs is 1. The SMILES string of the molecule is CCOC(=O)C1=C(c2ccccc2)N=c2s/c(=C\c3ccc(C)c(OC)c3)c(=O)n2[C@H]1c1ccc(C(C)C)cc1. The lowest BCUT2D eigenvalue weighted by Gasteiger charge is -2.26. The minimum absolute atomic E-state index is 0.211. The summed E-state index contributed by atoms with van der Waals surface area (Å²) < 4.78 is 13.2. The molecule has 0 saturated heterocycles. The van der Waals surface area contributed by atoms with Crippen LogP contribution in [0.25, 0.3) is 11.8 Å². The van der Waals surface area contributed by atoms with Crippen LogP contribution in [0.15, 0.2) is 88.2 Å². The molecular weight excluding hydrogens is 520 g/mol. The highest BCUT2D eigenvalue weighted by Gasteiger charge is 2.35. The predicted octanol–water partition coefficient (Wildman–Crippen LogP) is 5.38. The lowest BCUT2D eigenvalue weighted by Crippen LogP contribution is -2.40. The van der Waals surface area contributed by atoms with Crippen LogP contribution in [0, 0.1) is 6.92 Å². The van der Waals surface area contributed by atoms with Gasteiger partial charge in [-0.05, 0) is 54.2 Å². The normalized spacial score (nSPS) is 15.2. The first-order chi connectivity index (χ1) is 19.3. The Morgan fingerprint density at radius 1 is 1.07 bits per heavy atom. The number of ether oxygens (including phenoxy) is 2. The smallest absolute Gasteiger partial charge is 0.338 e. The van der Waals surface area contributed by atoms with Crippen LogP contribution in [0.5, 0.6) is 5.75 Å². The van der Waals surface area contributed by atoms with Crippen molar-refractivity contribution < 1.29 is 14.3 Å². The lowest BCUT2D eigenvalue weighted by molar-refractivity contribution is -0.138. The Bertz CT molecular complexity index is 1760. The number of esters is 1. The highest BCUT2D eigenvalue weighted by molar-refractivity contribution is 7.07. The molecule has 40 heavy (non-hydrogen) atoms. The van der Waals surface area contributed by atoms with E-state index < -0.39 is 12.0 Å². The molecule has 4 aromatic rings. The molecule has 0 amide bonds. The molecule has 0 N–H and O–H groups in total. The van der Waals surface area contributed by atoms with Crippen molar-refractivity contribution in [3.8, 4) is 5.75 Å². The Hall–Kier alpha value is -4.23. The van der Waals surface area contributed by atoms with Gasteiger partial charge in [0, 0.05) is 5.56 Å². The number of methoxy groups -OCH3 is 1. The van der Waals surface area contributed by atoms with E-state index in [0.717, 1.165) is 28.0 Å². The standard InChI is InChI=1S/C33H32N2O4S/c1-6-39-32(37)28-29(24-10-8-7-9-11-24)34-33-35(30(28)25-16-14-23(15-17-25)20(2)3)31(36)27(40-33)19-22-13-12-21(4)26(18-22)38-5/h7-20,30H,6H2,1-5H3/b27-19-/t30-/m0/s1. The number of benzene rings is 3. The zero-order valence-electron chi connectivity index (χ0n) is 23.3. The maximum atomic E-state index is 14.0.